The number of ether oxygens (including phenoxy) is 2. The smallest absolute Gasteiger partial charge is 0.190 e. The van der Waals surface area contributed by atoms with Crippen LogP contribution in [-0.4, -0.2) is 8.80 Å². The Bertz CT molecular complexity index is 4860. The van der Waals surface area contributed by atoms with E-state index in [0.29, 0.717) is 66.1 Å². The van der Waals surface area contributed by atoms with Crippen molar-refractivity contribution in [2.45, 2.75) is 79.1 Å². The van der Waals surface area contributed by atoms with Gasteiger partial charge in [0.15, 0.2) is 21.7 Å². The van der Waals surface area contributed by atoms with Crippen molar-refractivity contribution in [1.82, 2.24) is 8.80 Å². The zero-order valence-electron chi connectivity index (χ0n) is 43.4. The summed E-state index contributed by atoms with van der Waals surface area (Å²) >= 11 is 0. The molecule has 0 N–H and O–H groups in total. The molecule has 0 saturated heterocycles. The lowest BCUT2D eigenvalue weighted by Gasteiger charge is -2.27. The van der Waals surface area contributed by atoms with E-state index >= 15 is 0 Å². The Kier molecular flexibility index (Phi) is 9.01. The van der Waals surface area contributed by atoms with Gasteiger partial charge in [-0.25, -0.2) is 0 Å². The van der Waals surface area contributed by atoms with Crippen molar-refractivity contribution in [3.63, 3.8) is 0 Å². The first-order valence-corrected chi connectivity index (χ1v) is 26.5. The van der Waals surface area contributed by atoms with Gasteiger partial charge in [-0.1, -0.05) is 128 Å². The Hall–Kier alpha value is -8.88. The summed E-state index contributed by atoms with van der Waals surface area (Å²) in [7, 11) is 0. The molecule has 8 nitrogen and oxygen atoms in total. The maximum Gasteiger partial charge on any atom is 0.190 e. The Morgan fingerprint density at radius 3 is 0.908 bits per heavy atom. The minimum absolute atomic E-state index is 0.126. The summed E-state index contributed by atoms with van der Waals surface area (Å²) in [6, 6.07) is 43.2. The molecule has 15 rings (SSSR count). The first-order chi connectivity index (χ1) is 36.7. The van der Waals surface area contributed by atoms with Crippen LogP contribution in [0.3, 0.4) is 0 Å². The third-order valence-corrected chi connectivity index (χ3v) is 16.8. The maximum atomic E-state index is 14.5. The Morgan fingerprint density at radius 2 is 0.592 bits per heavy atom. The first-order valence-electron chi connectivity index (χ1n) is 26.5. The van der Waals surface area contributed by atoms with Crippen LogP contribution >= 0.6 is 0 Å². The third-order valence-electron chi connectivity index (χ3n) is 16.8. The summed E-state index contributed by atoms with van der Waals surface area (Å²) < 4.78 is 19.5. The molecule has 8 heteroatoms. The molecule has 9 aromatic carbocycles. The lowest BCUT2D eigenvalue weighted by molar-refractivity contribution is 0.469. The summed E-state index contributed by atoms with van der Waals surface area (Å²) in [5.41, 5.74) is 7.59. The highest BCUT2D eigenvalue weighted by atomic mass is 16.5. The van der Waals surface area contributed by atoms with E-state index in [2.05, 4.69) is 137 Å². The molecule has 0 atom stereocenters. The quantitative estimate of drug-likeness (QED) is 0.111. The number of pyridine rings is 6. The van der Waals surface area contributed by atoms with Crippen molar-refractivity contribution < 1.29 is 9.47 Å². The van der Waals surface area contributed by atoms with Crippen LogP contribution in [0, 0.1) is 0 Å². The minimum atomic E-state index is -0.171. The second-order valence-electron chi connectivity index (χ2n) is 22.4. The number of hydrogen-bond acceptors (Lipinski definition) is 6. The molecule has 0 aliphatic rings. The zero-order chi connectivity index (χ0) is 52.1. The number of hydrogen-bond donors (Lipinski definition) is 0. The molecule has 0 bridgehead atoms. The van der Waals surface area contributed by atoms with Crippen molar-refractivity contribution in [2.24, 2.45) is 0 Å². The van der Waals surface area contributed by atoms with Crippen LogP contribution in [-0.2, 0) is 0 Å². The molecule has 0 unspecified atom stereocenters. The molecule has 0 fully saturated rings. The van der Waals surface area contributed by atoms with Gasteiger partial charge in [-0.3, -0.25) is 19.2 Å². The van der Waals surface area contributed by atoms with E-state index < -0.39 is 0 Å². The average Bonchev–Trinajstić information content (AvgIpc) is 3.54. The van der Waals surface area contributed by atoms with Gasteiger partial charge >= 0.3 is 0 Å². The van der Waals surface area contributed by atoms with E-state index in [-0.39, 0.29) is 45.4 Å². The highest BCUT2D eigenvalue weighted by molar-refractivity contribution is 6.44. The fourth-order valence-corrected chi connectivity index (χ4v) is 13.4. The largest absolute Gasteiger partial charge is 0.456 e. The molecule has 6 aromatic heterocycles. The average molecular weight is 991 g/mol. The van der Waals surface area contributed by atoms with Gasteiger partial charge in [0.25, 0.3) is 0 Å². The summed E-state index contributed by atoms with van der Waals surface area (Å²) in [5, 5.41) is 12.4. The van der Waals surface area contributed by atoms with Gasteiger partial charge in [0, 0.05) is 99.7 Å². The van der Waals surface area contributed by atoms with E-state index in [1.807, 2.05) is 0 Å². The van der Waals surface area contributed by atoms with Crippen molar-refractivity contribution in [3.8, 4) is 23.0 Å². The van der Waals surface area contributed by atoms with Gasteiger partial charge in [0.05, 0.1) is 33.1 Å². The molecule has 15 aromatic rings. The molecule has 6 heterocycles. The van der Waals surface area contributed by atoms with Gasteiger partial charge in [-0.05, 0) is 93.1 Å². The van der Waals surface area contributed by atoms with E-state index in [1.54, 1.807) is 60.7 Å². The fraction of sp³-hybridized carbons (Fsp3) is 0.176. The second kappa shape index (κ2) is 15.4. The normalized spacial score (nSPS) is 12.9. The first kappa shape index (κ1) is 44.6. The minimum Gasteiger partial charge on any atom is -0.456 e. The summed E-state index contributed by atoms with van der Waals surface area (Å²) in [6.07, 6.45) is 0. The van der Waals surface area contributed by atoms with Crippen LogP contribution < -0.4 is 31.2 Å². The van der Waals surface area contributed by atoms with Crippen molar-refractivity contribution >= 4 is 119 Å². The maximum absolute atomic E-state index is 14.5. The van der Waals surface area contributed by atoms with Gasteiger partial charge in [0.1, 0.15) is 23.0 Å². The fourth-order valence-electron chi connectivity index (χ4n) is 13.4. The van der Waals surface area contributed by atoms with Crippen LogP contribution in [0.2, 0.25) is 0 Å². The Balaban J connectivity index is 1.22. The van der Waals surface area contributed by atoms with Gasteiger partial charge < -0.3 is 18.3 Å². The van der Waals surface area contributed by atoms with Crippen LogP contribution in [0.1, 0.15) is 101 Å². The van der Waals surface area contributed by atoms with E-state index in [4.69, 9.17) is 9.47 Å². The molecule has 0 aliphatic heterocycles. The number of aromatic nitrogens is 2. The number of para-hydroxylation sites is 4. The van der Waals surface area contributed by atoms with Crippen LogP contribution in [0.5, 0.6) is 23.0 Å². The van der Waals surface area contributed by atoms with Gasteiger partial charge in [-0.15, -0.1) is 0 Å². The molecule has 0 amide bonds. The molecule has 0 saturated carbocycles. The summed E-state index contributed by atoms with van der Waals surface area (Å²) in [6.45, 7) is 17.5. The standard InChI is InChI=1S/C68H50N2O6/c1-31(2)35-13-9-14-36(32(3)4)67(35)75-57-25-47-51-29-55(73)43-19-11-17-41-53(71)27-49(69(51)65(41)43)39-22-24-46-62-58(76-68-37(33(5)6)15-10-16-38(68)34(7)8)26-48-52-30-56(74)44-20-12-18-42-54(72)28-50(70(52)66(42)44)40-21-23-45(64(62)60(40)48)61(57)63(46)59(39)47/h9-34H,1-8H3. The number of nitrogens with zero attached hydrogens (tertiary/aromatic N) is 2. The number of benzene rings is 9. The predicted molar refractivity (Wildman–Crippen MR) is 314 cm³/mol. The lowest BCUT2D eigenvalue weighted by Crippen LogP contribution is -2.13. The highest BCUT2D eigenvalue weighted by Crippen LogP contribution is 2.55. The zero-order valence-corrected chi connectivity index (χ0v) is 43.4. The van der Waals surface area contributed by atoms with Crippen molar-refractivity contribution in [2.75, 3.05) is 0 Å². The van der Waals surface area contributed by atoms with E-state index in [0.717, 1.165) is 98.4 Å². The van der Waals surface area contributed by atoms with Crippen LogP contribution in [0.15, 0.2) is 153 Å². The topological polar surface area (TPSA) is 95.6 Å². The Labute approximate surface area is 434 Å². The second-order valence-corrected chi connectivity index (χ2v) is 22.4. The van der Waals surface area contributed by atoms with Gasteiger partial charge in [-0.2, -0.15) is 0 Å². The number of fused-ring (bicyclic) bond motifs is 6. The van der Waals surface area contributed by atoms with Crippen molar-refractivity contribution in [3.05, 3.63) is 197 Å². The predicted octanol–water partition coefficient (Wildman–Crippen LogP) is 16.4. The van der Waals surface area contributed by atoms with E-state index in [9.17, 15) is 19.2 Å². The molecular weight excluding hydrogens is 941 g/mol. The van der Waals surface area contributed by atoms with Crippen LogP contribution in [0.25, 0.3) is 119 Å². The third kappa shape index (κ3) is 5.68. The molecule has 368 valence electrons. The van der Waals surface area contributed by atoms with Crippen molar-refractivity contribution in [1.29, 1.82) is 0 Å². The molecule has 0 spiro atoms. The van der Waals surface area contributed by atoms with Gasteiger partial charge in [0.2, 0.25) is 0 Å². The number of rotatable bonds is 8. The lowest BCUT2D eigenvalue weighted by atomic mass is 9.84. The van der Waals surface area contributed by atoms with Crippen LogP contribution in [0.4, 0.5) is 0 Å². The molecule has 0 radical (unpaired) electrons. The molecule has 0 aliphatic carbocycles. The summed E-state index contributed by atoms with van der Waals surface area (Å²) in [4.78, 5) is 57.5. The van der Waals surface area contributed by atoms with E-state index in [1.165, 1.54) is 0 Å². The Morgan fingerprint density at radius 1 is 0.303 bits per heavy atom. The summed E-state index contributed by atoms with van der Waals surface area (Å²) in [5.74, 6) is 3.31. The SMILES string of the molecule is CC(C)c1cccc(C(C)C)c1Oc1cc2c3c(ccc4c5c(Oc6c(C(C)C)cccc6C(C)C)cc6c7c(ccc(c1c43)c57)c1cc(=O)c3cccc4c(=O)cc6n1c34)c1cc(=O)c3cccc4c(=O)cc2n1c34. The highest BCUT2D eigenvalue weighted by Gasteiger charge is 2.30. The molecular formula is C68H50N2O6. The monoisotopic (exact) mass is 990 g/mol. The molecule has 76 heavy (non-hydrogen) atoms.